The maximum Gasteiger partial charge on any atom is 0.358 e. The number of nitrogens with two attached hydrogens (primary N) is 1. The summed E-state index contributed by atoms with van der Waals surface area (Å²) in [6, 6.07) is 12.3. The van der Waals surface area contributed by atoms with Crippen LogP contribution in [0.15, 0.2) is 60.9 Å². The molecule has 0 radical (unpaired) electrons. The Morgan fingerprint density at radius 2 is 1.94 bits per heavy atom. The maximum atomic E-state index is 15.0. The minimum Gasteiger partial charge on any atom is -0.461 e. The number of aromatic nitrogens is 4. The van der Waals surface area contributed by atoms with Gasteiger partial charge in [-0.05, 0) is 36.8 Å². The number of rotatable bonds is 5. The lowest BCUT2D eigenvalue weighted by atomic mass is 10.0. The molecule has 34 heavy (non-hydrogen) atoms. The number of hydrogen-bond acceptors (Lipinski definition) is 6. The van der Waals surface area contributed by atoms with Crippen LogP contribution in [0.2, 0.25) is 0 Å². The van der Waals surface area contributed by atoms with Crippen molar-refractivity contribution in [3.05, 3.63) is 78.3 Å². The molecule has 0 unspecified atom stereocenters. The van der Waals surface area contributed by atoms with Crippen LogP contribution < -0.4 is 5.73 Å². The summed E-state index contributed by atoms with van der Waals surface area (Å²) in [5, 5.41) is 0.565. The van der Waals surface area contributed by atoms with Crippen molar-refractivity contribution in [1.82, 2.24) is 19.4 Å². The van der Waals surface area contributed by atoms with Gasteiger partial charge < -0.3 is 10.5 Å². The number of nitrogen functional groups attached to an aromatic ring is 1. The number of esters is 1. The number of carbonyl (C=O) groups is 1. The number of halogens is 2. The number of pyridine rings is 1. The molecule has 0 aliphatic carbocycles. The minimum atomic E-state index is -0.614. The Labute approximate surface area is 192 Å². The van der Waals surface area contributed by atoms with Crippen molar-refractivity contribution in [3.63, 3.8) is 0 Å². The number of hydrogen-bond donors (Lipinski definition) is 1. The molecule has 5 aromatic rings. The van der Waals surface area contributed by atoms with E-state index in [2.05, 4.69) is 15.0 Å². The smallest absolute Gasteiger partial charge is 0.358 e. The average Bonchev–Trinajstić information content (AvgIpc) is 3.28. The lowest BCUT2D eigenvalue weighted by Crippen LogP contribution is -2.06. The number of fused-ring (bicyclic) bond motifs is 2. The number of nitrogens with zero attached hydrogens (tertiary/aromatic N) is 4. The number of imidazole rings is 1. The molecule has 3 aromatic heterocycles. The molecule has 3 heterocycles. The van der Waals surface area contributed by atoms with Gasteiger partial charge in [-0.1, -0.05) is 25.1 Å². The van der Waals surface area contributed by atoms with Crippen LogP contribution in [0.1, 0.15) is 23.8 Å². The standard InChI is InChI=1S/C25H19F2N5O2/c1-2-9-34-25(33)19-13-32-22(16-10-14-6-4-8-29-20(14)18(27)12-16)21(31-23(28)24(32)30-19)15-5-3-7-17(26)11-15/h3-8,10-13H,2,9H2,1H3,(H2,28,31). The second-order valence-corrected chi connectivity index (χ2v) is 7.69. The van der Waals surface area contributed by atoms with Gasteiger partial charge in [0.25, 0.3) is 0 Å². The largest absolute Gasteiger partial charge is 0.461 e. The molecule has 0 aliphatic heterocycles. The SMILES string of the molecule is CCCOC(=O)c1cn2c(-c3cc(F)c4ncccc4c3)c(-c3cccc(F)c3)nc(N)c2n1. The summed E-state index contributed by atoms with van der Waals surface area (Å²) in [5.74, 6) is -1.59. The molecule has 0 saturated carbocycles. The van der Waals surface area contributed by atoms with E-state index in [1.54, 1.807) is 34.7 Å². The van der Waals surface area contributed by atoms with Crippen LogP contribution in [-0.2, 0) is 4.74 Å². The van der Waals surface area contributed by atoms with Crippen molar-refractivity contribution in [2.24, 2.45) is 0 Å². The molecule has 0 amide bonds. The van der Waals surface area contributed by atoms with E-state index >= 15 is 4.39 Å². The summed E-state index contributed by atoms with van der Waals surface area (Å²) in [6.07, 6.45) is 3.63. The van der Waals surface area contributed by atoms with Crippen molar-refractivity contribution >= 4 is 28.3 Å². The first kappa shape index (κ1) is 21.4. The molecule has 5 rings (SSSR count). The molecule has 0 bridgehead atoms. The van der Waals surface area contributed by atoms with Crippen LogP contribution in [0.25, 0.3) is 39.1 Å². The molecule has 2 aromatic carbocycles. The third kappa shape index (κ3) is 3.71. The number of ether oxygens (including phenoxy) is 1. The van der Waals surface area contributed by atoms with Gasteiger partial charge in [0, 0.05) is 28.9 Å². The number of benzene rings is 2. The number of anilines is 1. The van der Waals surface area contributed by atoms with Crippen LogP contribution in [-0.4, -0.2) is 31.9 Å². The Hall–Kier alpha value is -4.40. The Balaban J connectivity index is 1.83. The molecule has 170 valence electrons. The molecule has 9 heteroatoms. The second kappa shape index (κ2) is 8.51. The van der Waals surface area contributed by atoms with Crippen LogP contribution in [0.3, 0.4) is 0 Å². The molecule has 0 spiro atoms. The van der Waals surface area contributed by atoms with Gasteiger partial charge in [-0.15, -0.1) is 0 Å². The first-order valence-corrected chi connectivity index (χ1v) is 10.6. The molecular formula is C25H19F2N5O2. The predicted molar refractivity (Wildman–Crippen MR) is 124 cm³/mol. The molecule has 2 N–H and O–H groups in total. The quantitative estimate of drug-likeness (QED) is 0.370. The van der Waals surface area contributed by atoms with Crippen molar-refractivity contribution in [1.29, 1.82) is 0 Å². The summed E-state index contributed by atoms with van der Waals surface area (Å²) in [7, 11) is 0. The summed E-state index contributed by atoms with van der Waals surface area (Å²) in [6.45, 7) is 2.12. The van der Waals surface area contributed by atoms with Gasteiger partial charge in [-0.25, -0.2) is 23.5 Å². The Morgan fingerprint density at radius 3 is 2.74 bits per heavy atom. The van der Waals surface area contributed by atoms with Gasteiger partial charge in [0.05, 0.1) is 18.0 Å². The molecule has 7 nitrogen and oxygen atoms in total. The summed E-state index contributed by atoms with van der Waals surface area (Å²) < 4.78 is 35.9. The molecule has 0 saturated heterocycles. The predicted octanol–water partition coefficient (Wildman–Crippen LogP) is 5.04. The Morgan fingerprint density at radius 1 is 1.09 bits per heavy atom. The molecule has 0 fully saturated rings. The zero-order chi connectivity index (χ0) is 23.8. The van der Waals surface area contributed by atoms with Gasteiger partial charge >= 0.3 is 5.97 Å². The Bertz CT molecular complexity index is 1560. The van der Waals surface area contributed by atoms with Gasteiger partial charge in [-0.3, -0.25) is 9.38 Å². The van der Waals surface area contributed by atoms with Crippen LogP contribution >= 0.6 is 0 Å². The summed E-state index contributed by atoms with van der Waals surface area (Å²) in [5.41, 5.74) is 8.19. The van der Waals surface area contributed by atoms with E-state index in [0.717, 1.165) is 0 Å². The zero-order valence-electron chi connectivity index (χ0n) is 18.1. The maximum absolute atomic E-state index is 15.0. The second-order valence-electron chi connectivity index (χ2n) is 7.69. The minimum absolute atomic E-state index is 0.0282. The van der Waals surface area contributed by atoms with Gasteiger partial charge in [-0.2, -0.15) is 0 Å². The van der Waals surface area contributed by atoms with E-state index in [4.69, 9.17) is 10.5 Å². The van der Waals surface area contributed by atoms with Crippen LogP contribution in [0.5, 0.6) is 0 Å². The molecule has 0 aliphatic rings. The fourth-order valence-electron chi connectivity index (χ4n) is 3.83. The van der Waals surface area contributed by atoms with Gasteiger partial charge in [0.15, 0.2) is 17.2 Å². The van der Waals surface area contributed by atoms with Gasteiger partial charge in [0.2, 0.25) is 0 Å². The highest BCUT2D eigenvalue weighted by atomic mass is 19.1. The monoisotopic (exact) mass is 459 g/mol. The summed E-state index contributed by atoms with van der Waals surface area (Å²) >= 11 is 0. The topological polar surface area (TPSA) is 95.4 Å². The first-order valence-electron chi connectivity index (χ1n) is 10.6. The highest BCUT2D eigenvalue weighted by Crippen LogP contribution is 2.35. The third-order valence-corrected chi connectivity index (χ3v) is 5.31. The highest BCUT2D eigenvalue weighted by Gasteiger charge is 2.22. The lowest BCUT2D eigenvalue weighted by Gasteiger charge is -2.14. The van der Waals surface area contributed by atoms with E-state index in [9.17, 15) is 9.18 Å². The average molecular weight is 459 g/mol. The molecular weight excluding hydrogens is 440 g/mol. The fourth-order valence-corrected chi connectivity index (χ4v) is 3.83. The van der Waals surface area contributed by atoms with E-state index in [0.29, 0.717) is 34.3 Å². The van der Waals surface area contributed by atoms with Gasteiger partial charge in [0.1, 0.15) is 17.2 Å². The third-order valence-electron chi connectivity index (χ3n) is 5.31. The van der Waals surface area contributed by atoms with E-state index < -0.39 is 17.6 Å². The van der Waals surface area contributed by atoms with Crippen molar-refractivity contribution in [3.8, 4) is 22.5 Å². The van der Waals surface area contributed by atoms with Crippen LogP contribution in [0.4, 0.5) is 14.6 Å². The Kier molecular flexibility index (Phi) is 5.37. The number of carbonyl (C=O) groups excluding carboxylic acids is 1. The van der Waals surface area contributed by atoms with Crippen molar-refractivity contribution < 1.29 is 18.3 Å². The van der Waals surface area contributed by atoms with E-state index in [1.165, 1.54) is 30.6 Å². The first-order chi connectivity index (χ1) is 16.5. The summed E-state index contributed by atoms with van der Waals surface area (Å²) in [4.78, 5) is 25.4. The van der Waals surface area contributed by atoms with E-state index in [1.807, 2.05) is 6.92 Å². The van der Waals surface area contributed by atoms with E-state index in [-0.39, 0.29) is 29.3 Å². The van der Waals surface area contributed by atoms with Crippen molar-refractivity contribution in [2.45, 2.75) is 13.3 Å². The zero-order valence-corrected chi connectivity index (χ0v) is 18.1. The lowest BCUT2D eigenvalue weighted by molar-refractivity contribution is 0.0499. The normalized spacial score (nSPS) is 11.3. The molecule has 0 atom stereocenters. The van der Waals surface area contributed by atoms with Crippen LogP contribution in [0, 0.1) is 11.6 Å². The van der Waals surface area contributed by atoms with Crippen molar-refractivity contribution in [2.75, 3.05) is 12.3 Å². The highest BCUT2D eigenvalue weighted by molar-refractivity contribution is 5.92. The fraction of sp³-hybridized carbons (Fsp3) is 0.120.